The van der Waals surface area contributed by atoms with Crippen molar-refractivity contribution in [3.8, 4) is 0 Å². The fourth-order valence-corrected chi connectivity index (χ4v) is 4.25. The van der Waals surface area contributed by atoms with Gasteiger partial charge in [0.1, 0.15) is 6.61 Å². The van der Waals surface area contributed by atoms with Gasteiger partial charge in [0.15, 0.2) is 0 Å². The average molecular weight is 387 g/mol. The maximum Gasteiger partial charge on any atom is 0.407 e. The SMILES string of the molecule is CCCCCCCCCCCSC(C)COC(=O)NCCN1CCCC1. The Balaban J connectivity index is 1.82. The highest BCUT2D eigenvalue weighted by molar-refractivity contribution is 7.99. The fraction of sp³-hybridized carbons (Fsp3) is 0.952. The summed E-state index contributed by atoms with van der Waals surface area (Å²) in [6, 6.07) is 0. The number of likely N-dealkylation sites (tertiary alicyclic amines) is 1. The molecule has 0 bridgehead atoms. The molecule has 0 radical (unpaired) electrons. The van der Waals surface area contributed by atoms with Crippen molar-refractivity contribution in [3.05, 3.63) is 0 Å². The molecule has 0 aromatic heterocycles. The summed E-state index contributed by atoms with van der Waals surface area (Å²) in [5, 5.41) is 3.24. The first-order valence-electron chi connectivity index (χ1n) is 11.0. The van der Waals surface area contributed by atoms with E-state index in [1.54, 1.807) is 0 Å². The van der Waals surface area contributed by atoms with Crippen molar-refractivity contribution >= 4 is 17.9 Å². The molecule has 1 N–H and O–H groups in total. The van der Waals surface area contributed by atoms with E-state index in [9.17, 15) is 4.79 Å². The summed E-state index contributed by atoms with van der Waals surface area (Å²) in [4.78, 5) is 14.1. The van der Waals surface area contributed by atoms with Gasteiger partial charge >= 0.3 is 6.09 Å². The van der Waals surface area contributed by atoms with Crippen LogP contribution >= 0.6 is 11.8 Å². The minimum Gasteiger partial charge on any atom is -0.448 e. The number of rotatable bonds is 16. The van der Waals surface area contributed by atoms with Crippen LogP contribution in [-0.4, -0.2) is 54.8 Å². The summed E-state index contributed by atoms with van der Waals surface area (Å²) in [5.41, 5.74) is 0. The molecule has 1 amide bonds. The Bertz CT molecular complexity index is 336. The number of nitrogens with one attached hydrogen (secondary N) is 1. The molecule has 4 nitrogen and oxygen atoms in total. The van der Waals surface area contributed by atoms with Crippen LogP contribution in [0.4, 0.5) is 4.79 Å². The number of alkyl carbamates (subject to hydrolysis) is 1. The summed E-state index contributed by atoms with van der Waals surface area (Å²) in [6.07, 6.45) is 14.7. The molecule has 1 atom stereocenters. The van der Waals surface area contributed by atoms with Gasteiger partial charge in [-0.1, -0.05) is 58.3 Å². The van der Waals surface area contributed by atoms with E-state index in [0.29, 0.717) is 18.4 Å². The number of thioether (sulfide) groups is 1. The maximum atomic E-state index is 11.7. The molecule has 0 aromatic rings. The summed E-state index contributed by atoms with van der Waals surface area (Å²) < 4.78 is 5.32. The third kappa shape index (κ3) is 13.7. The first-order valence-corrected chi connectivity index (χ1v) is 12.0. The van der Waals surface area contributed by atoms with Gasteiger partial charge in [-0.3, -0.25) is 0 Å². The number of amides is 1. The lowest BCUT2D eigenvalue weighted by Crippen LogP contribution is -2.34. The smallest absolute Gasteiger partial charge is 0.407 e. The van der Waals surface area contributed by atoms with E-state index < -0.39 is 0 Å². The van der Waals surface area contributed by atoms with Gasteiger partial charge in [-0.2, -0.15) is 11.8 Å². The van der Waals surface area contributed by atoms with Gasteiger partial charge in [-0.15, -0.1) is 0 Å². The number of unbranched alkanes of at least 4 members (excludes halogenated alkanes) is 8. The first-order chi connectivity index (χ1) is 12.7. The van der Waals surface area contributed by atoms with Gasteiger partial charge < -0.3 is 15.0 Å². The van der Waals surface area contributed by atoms with Crippen molar-refractivity contribution in [2.45, 2.75) is 89.7 Å². The second-order valence-electron chi connectivity index (χ2n) is 7.58. The molecule has 1 saturated heterocycles. The number of ether oxygens (including phenoxy) is 1. The lowest BCUT2D eigenvalue weighted by molar-refractivity contribution is 0.146. The first kappa shape index (κ1) is 23.6. The molecular formula is C21H42N2O2S. The zero-order valence-corrected chi connectivity index (χ0v) is 18.1. The van der Waals surface area contributed by atoms with Crippen molar-refractivity contribution in [3.63, 3.8) is 0 Å². The summed E-state index contributed by atoms with van der Waals surface area (Å²) in [6.45, 7) is 8.91. The van der Waals surface area contributed by atoms with Crippen LogP contribution in [0.5, 0.6) is 0 Å². The topological polar surface area (TPSA) is 41.6 Å². The van der Waals surface area contributed by atoms with E-state index in [1.807, 2.05) is 11.8 Å². The predicted molar refractivity (Wildman–Crippen MR) is 114 cm³/mol. The minimum absolute atomic E-state index is 0.264. The zero-order chi connectivity index (χ0) is 18.9. The standard InChI is InChI=1S/C21H42N2O2S/c1-3-4-5-6-7-8-9-10-13-18-26-20(2)19-25-21(24)22-14-17-23-15-11-12-16-23/h20H,3-19H2,1-2H3,(H,22,24). The monoisotopic (exact) mass is 386 g/mol. The van der Waals surface area contributed by atoms with Crippen molar-refractivity contribution in [2.24, 2.45) is 0 Å². The van der Waals surface area contributed by atoms with Crippen LogP contribution in [0, 0.1) is 0 Å². The highest BCUT2D eigenvalue weighted by atomic mass is 32.2. The van der Waals surface area contributed by atoms with Gasteiger partial charge in [0.05, 0.1) is 0 Å². The maximum absolute atomic E-state index is 11.7. The second kappa shape index (κ2) is 16.7. The summed E-state index contributed by atoms with van der Waals surface area (Å²) in [5.74, 6) is 1.18. The van der Waals surface area contributed by atoms with E-state index in [2.05, 4.69) is 24.1 Å². The number of hydrogen-bond acceptors (Lipinski definition) is 4. The lowest BCUT2D eigenvalue weighted by atomic mass is 10.1. The van der Waals surface area contributed by atoms with Crippen LogP contribution in [-0.2, 0) is 4.74 Å². The normalized spacial score (nSPS) is 15.9. The van der Waals surface area contributed by atoms with Crippen LogP contribution in [0.1, 0.15) is 84.5 Å². The van der Waals surface area contributed by atoms with E-state index in [-0.39, 0.29) is 6.09 Å². The van der Waals surface area contributed by atoms with Gasteiger partial charge in [-0.25, -0.2) is 4.79 Å². The number of nitrogens with zero attached hydrogens (tertiary/aromatic N) is 1. The van der Waals surface area contributed by atoms with Crippen LogP contribution in [0.3, 0.4) is 0 Å². The van der Waals surface area contributed by atoms with Crippen LogP contribution < -0.4 is 5.32 Å². The highest BCUT2D eigenvalue weighted by Gasteiger charge is 2.12. The van der Waals surface area contributed by atoms with Gasteiger partial charge in [0.2, 0.25) is 0 Å². The molecule has 1 unspecified atom stereocenters. The summed E-state index contributed by atoms with van der Waals surface area (Å²) in [7, 11) is 0. The van der Waals surface area contributed by atoms with Crippen molar-refractivity contribution in [2.75, 3.05) is 38.5 Å². The third-order valence-electron chi connectivity index (χ3n) is 5.00. The Hall–Kier alpha value is -0.420. The number of carbonyl (C=O) groups is 1. The molecule has 0 aliphatic carbocycles. The molecule has 0 spiro atoms. The van der Waals surface area contributed by atoms with E-state index in [0.717, 1.165) is 6.54 Å². The Morgan fingerprint density at radius 3 is 2.31 bits per heavy atom. The van der Waals surface area contributed by atoms with E-state index >= 15 is 0 Å². The van der Waals surface area contributed by atoms with Crippen LogP contribution in [0.25, 0.3) is 0 Å². The van der Waals surface area contributed by atoms with Crippen molar-refractivity contribution in [1.29, 1.82) is 0 Å². The molecular weight excluding hydrogens is 344 g/mol. The molecule has 0 saturated carbocycles. The molecule has 1 fully saturated rings. The lowest BCUT2D eigenvalue weighted by Gasteiger charge is -2.15. The van der Waals surface area contributed by atoms with Crippen molar-refractivity contribution < 1.29 is 9.53 Å². The second-order valence-corrected chi connectivity index (χ2v) is 9.13. The molecule has 5 heteroatoms. The fourth-order valence-electron chi connectivity index (χ4n) is 3.31. The van der Waals surface area contributed by atoms with Crippen LogP contribution in [0.15, 0.2) is 0 Å². The Kier molecular flexibility index (Phi) is 15.2. The molecule has 1 aliphatic heterocycles. The quantitative estimate of drug-likeness (QED) is 0.358. The van der Waals surface area contributed by atoms with E-state index in [1.165, 1.54) is 89.5 Å². The van der Waals surface area contributed by atoms with Crippen molar-refractivity contribution in [1.82, 2.24) is 10.2 Å². The zero-order valence-electron chi connectivity index (χ0n) is 17.3. The molecule has 1 rings (SSSR count). The number of carbonyl (C=O) groups excluding carboxylic acids is 1. The average Bonchev–Trinajstić information content (AvgIpc) is 3.15. The Labute approximate surface area is 166 Å². The number of hydrogen-bond donors (Lipinski definition) is 1. The molecule has 1 heterocycles. The van der Waals surface area contributed by atoms with Crippen LogP contribution in [0.2, 0.25) is 0 Å². The summed E-state index contributed by atoms with van der Waals surface area (Å²) >= 11 is 1.92. The van der Waals surface area contributed by atoms with Gasteiger partial charge in [-0.05, 0) is 45.0 Å². The largest absolute Gasteiger partial charge is 0.448 e. The molecule has 26 heavy (non-hydrogen) atoms. The Morgan fingerprint density at radius 2 is 1.65 bits per heavy atom. The van der Waals surface area contributed by atoms with E-state index in [4.69, 9.17) is 4.74 Å². The molecule has 1 aliphatic rings. The Morgan fingerprint density at radius 1 is 1.04 bits per heavy atom. The van der Waals surface area contributed by atoms with Gasteiger partial charge in [0, 0.05) is 18.3 Å². The molecule has 154 valence electrons. The highest BCUT2D eigenvalue weighted by Crippen LogP contribution is 2.15. The third-order valence-corrected chi connectivity index (χ3v) is 6.22. The molecule has 0 aromatic carbocycles. The minimum atomic E-state index is -0.264. The van der Waals surface area contributed by atoms with Gasteiger partial charge in [0.25, 0.3) is 0 Å². The predicted octanol–water partition coefficient (Wildman–Crippen LogP) is 5.46.